The van der Waals surface area contributed by atoms with Crippen molar-refractivity contribution in [3.8, 4) is 6.07 Å². The molecule has 8 nitrogen and oxygen atoms in total. The minimum Gasteiger partial charge on any atom is -0.598 e. The van der Waals surface area contributed by atoms with Crippen molar-refractivity contribution >= 4 is 33.8 Å². The molecule has 1 aromatic carbocycles. The molecule has 0 amide bonds. The fourth-order valence-electron chi connectivity index (χ4n) is 4.50. The number of nitrogens with zero attached hydrogens (tertiary/aromatic N) is 3. The van der Waals surface area contributed by atoms with Crippen LogP contribution in [-0.4, -0.2) is 30.2 Å². The van der Waals surface area contributed by atoms with Crippen LogP contribution in [-0.2, 0) is 11.4 Å². The number of anilines is 2. The van der Waals surface area contributed by atoms with Gasteiger partial charge >= 0.3 is 6.18 Å². The zero-order valence-electron chi connectivity index (χ0n) is 20.7. The van der Waals surface area contributed by atoms with E-state index in [9.17, 15) is 27.8 Å². The number of nitrogens with one attached hydrogen (secondary N) is 3. The molecule has 2 heterocycles. The molecule has 0 aliphatic heterocycles. The van der Waals surface area contributed by atoms with Gasteiger partial charge < -0.3 is 14.9 Å². The number of hydrogen-bond donors (Lipinski definition) is 3. The predicted octanol–water partition coefficient (Wildman–Crippen LogP) is 5.38. The molecule has 1 fully saturated rings. The van der Waals surface area contributed by atoms with Crippen LogP contribution in [0.1, 0.15) is 64.1 Å². The predicted molar refractivity (Wildman–Crippen MR) is 137 cm³/mol. The lowest BCUT2D eigenvalue weighted by Crippen LogP contribution is -2.45. The maximum absolute atomic E-state index is 13.8. The molecule has 0 radical (unpaired) electrons. The van der Waals surface area contributed by atoms with Crippen molar-refractivity contribution in [1.82, 2.24) is 19.5 Å². The van der Waals surface area contributed by atoms with Crippen molar-refractivity contribution in [3.05, 3.63) is 52.4 Å². The average molecular weight is 535 g/mol. The van der Waals surface area contributed by atoms with E-state index >= 15 is 0 Å². The Kier molecular flexibility index (Phi) is 7.60. The maximum Gasteiger partial charge on any atom is 0.412 e. The Morgan fingerprint density at radius 2 is 1.86 bits per heavy atom. The number of aromatic amines is 1. The number of fused-ring (bicyclic) bond motifs is 1. The van der Waals surface area contributed by atoms with Crippen LogP contribution >= 0.6 is 0 Å². The molecule has 4 atom stereocenters. The summed E-state index contributed by atoms with van der Waals surface area (Å²) in [7, 11) is 0. The van der Waals surface area contributed by atoms with E-state index < -0.39 is 28.3 Å². The number of aromatic nitrogens is 3. The third kappa shape index (κ3) is 5.79. The number of benzene rings is 1. The topological polar surface area (TPSA) is 122 Å². The molecule has 12 heteroatoms. The van der Waals surface area contributed by atoms with Crippen LogP contribution in [0.4, 0.5) is 24.7 Å². The van der Waals surface area contributed by atoms with E-state index in [4.69, 9.17) is 0 Å². The molecule has 1 aliphatic rings. The Morgan fingerprint density at radius 1 is 1.19 bits per heavy atom. The van der Waals surface area contributed by atoms with Crippen molar-refractivity contribution < 1.29 is 17.7 Å². The van der Waals surface area contributed by atoms with Crippen molar-refractivity contribution in [3.63, 3.8) is 0 Å². The summed E-state index contributed by atoms with van der Waals surface area (Å²) < 4.78 is 56.7. The van der Waals surface area contributed by atoms with Gasteiger partial charge in [-0.1, -0.05) is 25.0 Å². The minimum atomic E-state index is -4.66. The minimum absolute atomic E-state index is 0.0945. The largest absolute Gasteiger partial charge is 0.598 e. The van der Waals surface area contributed by atoms with Gasteiger partial charge in [0.25, 0.3) is 5.56 Å². The second kappa shape index (κ2) is 10.4. The zero-order valence-corrected chi connectivity index (χ0v) is 21.5. The van der Waals surface area contributed by atoms with Gasteiger partial charge in [0.05, 0.1) is 23.5 Å². The summed E-state index contributed by atoms with van der Waals surface area (Å²) in [6, 6.07) is 7.30. The summed E-state index contributed by atoms with van der Waals surface area (Å²) >= 11 is -1.93. The molecule has 1 saturated carbocycles. The van der Waals surface area contributed by atoms with E-state index in [1.54, 1.807) is 31.5 Å². The van der Waals surface area contributed by atoms with E-state index in [0.29, 0.717) is 16.6 Å². The number of nitriles is 1. The van der Waals surface area contributed by atoms with E-state index in [-0.39, 0.29) is 28.9 Å². The van der Waals surface area contributed by atoms with Crippen LogP contribution in [0.15, 0.2) is 41.3 Å². The molecule has 1 aliphatic carbocycles. The molecule has 3 N–H and O–H groups in total. The lowest BCUT2D eigenvalue weighted by atomic mass is 9.85. The molecular formula is C25H29F3N6O2S. The lowest BCUT2D eigenvalue weighted by Gasteiger charge is -2.29. The molecule has 0 saturated heterocycles. The first kappa shape index (κ1) is 27.0. The summed E-state index contributed by atoms with van der Waals surface area (Å²) in [6.45, 7) is 4.77. The monoisotopic (exact) mass is 534 g/mol. The van der Waals surface area contributed by atoms with E-state index in [1.165, 1.54) is 30.5 Å². The lowest BCUT2D eigenvalue weighted by molar-refractivity contribution is -0.153. The molecule has 2 unspecified atom stereocenters. The van der Waals surface area contributed by atoms with Gasteiger partial charge in [0, 0.05) is 23.2 Å². The quantitative estimate of drug-likeness (QED) is 0.365. The van der Waals surface area contributed by atoms with Gasteiger partial charge in [-0.25, -0.2) is 0 Å². The van der Waals surface area contributed by atoms with Crippen molar-refractivity contribution in [1.29, 1.82) is 5.26 Å². The summed E-state index contributed by atoms with van der Waals surface area (Å²) in [6.07, 6.45) is 0.296. The molecular weight excluding hydrogens is 505 g/mol. The van der Waals surface area contributed by atoms with Crippen LogP contribution in [0.25, 0.3) is 10.9 Å². The van der Waals surface area contributed by atoms with Crippen LogP contribution in [0, 0.1) is 17.2 Å². The summed E-state index contributed by atoms with van der Waals surface area (Å²) in [5, 5.41) is 17.6. The molecule has 198 valence electrons. The van der Waals surface area contributed by atoms with Gasteiger partial charge in [0.1, 0.15) is 10.1 Å². The Hall–Kier alpha value is -3.01. The molecule has 37 heavy (non-hydrogen) atoms. The average Bonchev–Trinajstić information content (AvgIpc) is 3.21. The van der Waals surface area contributed by atoms with Gasteiger partial charge in [0.15, 0.2) is 11.9 Å². The van der Waals surface area contributed by atoms with Crippen LogP contribution in [0.3, 0.4) is 0 Å². The van der Waals surface area contributed by atoms with Gasteiger partial charge in [-0.15, -0.1) is 4.72 Å². The first-order valence-corrected chi connectivity index (χ1v) is 13.2. The summed E-state index contributed by atoms with van der Waals surface area (Å²) in [5.74, 6) is 0.0277. The smallest absolute Gasteiger partial charge is 0.412 e. The second-order valence-electron chi connectivity index (χ2n) is 10.2. The number of alkyl halides is 3. The van der Waals surface area contributed by atoms with E-state index in [1.807, 2.05) is 0 Å². The molecule has 0 spiro atoms. The Balaban J connectivity index is 1.65. The first-order chi connectivity index (χ1) is 17.4. The highest BCUT2D eigenvalue weighted by atomic mass is 32.2. The highest BCUT2D eigenvalue weighted by Crippen LogP contribution is 2.38. The second-order valence-corrected chi connectivity index (χ2v) is 12.2. The van der Waals surface area contributed by atoms with Gasteiger partial charge in [-0.05, 0) is 57.4 Å². The molecule has 4 rings (SSSR count). The Bertz CT molecular complexity index is 1340. The highest BCUT2D eigenvalue weighted by Gasteiger charge is 2.45. The zero-order chi connectivity index (χ0) is 27.0. The Labute approximate surface area is 215 Å². The van der Waals surface area contributed by atoms with E-state index in [2.05, 4.69) is 26.2 Å². The number of halogens is 3. The third-order valence-electron chi connectivity index (χ3n) is 6.45. The number of pyridine rings is 1. The highest BCUT2D eigenvalue weighted by molar-refractivity contribution is 7.90. The molecule has 2 aromatic heterocycles. The van der Waals surface area contributed by atoms with Crippen molar-refractivity contribution in [2.24, 2.45) is 5.92 Å². The van der Waals surface area contributed by atoms with Gasteiger partial charge in [-0.3, -0.25) is 9.48 Å². The number of H-pyrrole nitrogens is 1. The maximum atomic E-state index is 13.8. The van der Waals surface area contributed by atoms with Crippen LogP contribution in [0.2, 0.25) is 0 Å². The van der Waals surface area contributed by atoms with Crippen molar-refractivity contribution in [2.75, 3.05) is 5.32 Å². The summed E-state index contributed by atoms with van der Waals surface area (Å²) in [4.78, 5) is 15.3. The normalized spacial score (nSPS) is 20.4. The van der Waals surface area contributed by atoms with Crippen LogP contribution in [0.5, 0.6) is 0 Å². The SMILES string of the molecule is CC(C)(C)[S+]([O-])N[C@@H](c1ccc(Nc2nn([C@H]3CCCCC3C#N)c3cc[nH]c(=O)c23)cc1)C(F)(F)F. The number of rotatable bonds is 6. The van der Waals surface area contributed by atoms with Gasteiger partial charge in [0.2, 0.25) is 0 Å². The Morgan fingerprint density at radius 3 is 2.49 bits per heavy atom. The first-order valence-electron chi connectivity index (χ1n) is 12.0. The summed E-state index contributed by atoms with van der Waals surface area (Å²) in [5.41, 5.74) is 0.555. The van der Waals surface area contributed by atoms with Crippen LogP contribution < -0.4 is 15.6 Å². The van der Waals surface area contributed by atoms with Gasteiger partial charge in [-0.2, -0.15) is 23.5 Å². The number of hydrogen-bond acceptors (Lipinski definition) is 6. The van der Waals surface area contributed by atoms with E-state index in [0.717, 1.165) is 25.7 Å². The third-order valence-corrected chi connectivity index (χ3v) is 8.02. The standard InChI is InChI=1S/C25H29F3N6O2S/c1-24(2,3)37(36)33-21(25(26,27)28)15-8-10-17(11-9-15)31-22-20-19(12-13-30-23(20)35)34(32-22)18-7-5-4-6-16(18)14-29/h8-13,16,18,21,33H,4-7H2,1-3H3,(H,30,35)(H,31,32)/t16?,18-,21-,37?/m0/s1. The molecule has 0 bridgehead atoms. The fourth-order valence-corrected chi connectivity index (χ4v) is 5.34. The molecule has 3 aromatic rings. The fraction of sp³-hybridized carbons (Fsp3) is 0.480. The van der Waals surface area contributed by atoms with Crippen molar-refractivity contribution in [2.45, 2.75) is 69.5 Å².